The molecule has 1 atom stereocenters. The third-order valence-corrected chi connectivity index (χ3v) is 4.75. The van der Waals surface area contributed by atoms with Crippen molar-refractivity contribution >= 4 is 23.5 Å². The molecule has 10 heteroatoms. The van der Waals surface area contributed by atoms with Crippen LogP contribution in [0.1, 0.15) is 29.8 Å². The number of carbonyl (C=O) groups excluding carboxylic acids is 3. The van der Waals surface area contributed by atoms with Crippen LogP contribution in [0.5, 0.6) is 0 Å². The van der Waals surface area contributed by atoms with Gasteiger partial charge in [-0.2, -0.15) is 9.90 Å². The maximum Gasteiger partial charge on any atom is 0.323 e. The summed E-state index contributed by atoms with van der Waals surface area (Å²) in [6, 6.07) is 6.27. The van der Waals surface area contributed by atoms with Crippen molar-refractivity contribution in [1.29, 1.82) is 0 Å². The van der Waals surface area contributed by atoms with Gasteiger partial charge in [0.2, 0.25) is 0 Å². The lowest BCUT2D eigenvalue weighted by molar-refractivity contribution is -0.128. The molecule has 4 amide bonds. The second kappa shape index (κ2) is 5.83. The zero-order chi connectivity index (χ0) is 18.3. The van der Waals surface area contributed by atoms with E-state index in [1.54, 1.807) is 24.3 Å². The predicted octanol–water partition coefficient (Wildman–Crippen LogP) is -0.0849. The number of hydrogen-bond donors (Lipinski definition) is 4. The van der Waals surface area contributed by atoms with E-state index in [1.165, 1.54) is 11.0 Å². The first-order chi connectivity index (χ1) is 12.5. The summed E-state index contributed by atoms with van der Waals surface area (Å²) in [4.78, 5) is 37.8. The molecule has 1 aromatic carbocycles. The van der Waals surface area contributed by atoms with Gasteiger partial charge >= 0.3 is 6.03 Å². The SMILES string of the molecule is Nc1cccc(-n2ncc(C(=O)NC3(C4CCC4)NC(=O)NC3=O)n2)c1. The zero-order valence-electron chi connectivity index (χ0n) is 13.7. The second-order valence-electron chi connectivity index (χ2n) is 6.41. The Labute approximate surface area is 148 Å². The van der Waals surface area contributed by atoms with Gasteiger partial charge in [0.15, 0.2) is 11.4 Å². The minimum absolute atomic E-state index is 0.0278. The van der Waals surface area contributed by atoms with Crippen LogP contribution in [0.2, 0.25) is 0 Å². The summed E-state index contributed by atoms with van der Waals surface area (Å²) in [6.07, 6.45) is 3.71. The molecule has 1 aliphatic carbocycles. The molecule has 0 radical (unpaired) electrons. The lowest BCUT2D eigenvalue weighted by Crippen LogP contribution is -2.66. The van der Waals surface area contributed by atoms with Crippen LogP contribution in [0.3, 0.4) is 0 Å². The van der Waals surface area contributed by atoms with Crippen LogP contribution in [0, 0.1) is 5.92 Å². The highest BCUT2D eigenvalue weighted by atomic mass is 16.2. The van der Waals surface area contributed by atoms with Crippen LogP contribution in [-0.2, 0) is 4.79 Å². The number of benzene rings is 1. The molecule has 2 heterocycles. The zero-order valence-corrected chi connectivity index (χ0v) is 13.7. The van der Waals surface area contributed by atoms with Gasteiger partial charge < -0.3 is 16.4 Å². The van der Waals surface area contributed by atoms with Crippen molar-refractivity contribution in [2.75, 3.05) is 5.73 Å². The summed E-state index contributed by atoms with van der Waals surface area (Å²) in [5.41, 5.74) is 5.47. The molecule has 10 nitrogen and oxygen atoms in total. The molecule has 0 bridgehead atoms. The number of hydrogen-bond acceptors (Lipinski definition) is 6. The minimum Gasteiger partial charge on any atom is -0.399 e. The van der Waals surface area contributed by atoms with E-state index in [2.05, 4.69) is 26.1 Å². The molecule has 26 heavy (non-hydrogen) atoms. The lowest BCUT2D eigenvalue weighted by Gasteiger charge is -2.40. The van der Waals surface area contributed by atoms with E-state index in [4.69, 9.17) is 5.73 Å². The fraction of sp³-hybridized carbons (Fsp3) is 0.312. The Morgan fingerprint density at radius 3 is 2.77 bits per heavy atom. The van der Waals surface area contributed by atoms with Crippen molar-refractivity contribution in [3.63, 3.8) is 0 Å². The fourth-order valence-corrected chi connectivity index (χ4v) is 3.17. The molecular formula is C16H17N7O3. The third-order valence-electron chi connectivity index (χ3n) is 4.75. The van der Waals surface area contributed by atoms with Crippen molar-refractivity contribution in [3.8, 4) is 5.69 Å². The number of urea groups is 1. The number of anilines is 1. The first-order valence-corrected chi connectivity index (χ1v) is 8.22. The highest BCUT2D eigenvalue weighted by Gasteiger charge is 2.55. The summed E-state index contributed by atoms with van der Waals surface area (Å²) in [5, 5.41) is 15.6. The molecule has 4 rings (SSSR count). The number of nitrogens with two attached hydrogens (primary N) is 1. The molecule has 2 aliphatic rings. The van der Waals surface area contributed by atoms with E-state index in [-0.39, 0.29) is 11.6 Å². The fourth-order valence-electron chi connectivity index (χ4n) is 3.17. The number of nitrogens with one attached hydrogen (secondary N) is 3. The van der Waals surface area contributed by atoms with Gasteiger partial charge in [-0.3, -0.25) is 14.9 Å². The largest absolute Gasteiger partial charge is 0.399 e. The van der Waals surface area contributed by atoms with Gasteiger partial charge in [-0.05, 0) is 31.0 Å². The van der Waals surface area contributed by atoms with Crippen molar-refractivity contribution in [3.05, 3.63) is 36.2 Å². The maximum atomic E-state index is 12.6. The van der Waals surface area contributed by atoms with Crippen LogP contribution in [0.25, 0.3) is 5.69 Å². The average molecular weight is 355 g/mol. The van der Waals surface area contributed by atoms with Gasteiger partial charge in [0.1, 0.15) is 0 Å². The third kappa shape index (κ3) is 2.55. The van der Waals surface area contributed by atoms with Gasteiger partial charge in [-0.25, -0.2) is 4.79 Å². The molecule has 5 N–H and O–H groups in total. The van der Waals surface area contributed by atoms with E-state index >= 15 is 0 Å². The number of aromatic nitrogens is 3. The summed E-state index contributed by atoms with van der Waals surface area (Å²) >= 11 is 0. The molecule has 0 spiro atoms. The highest BCUT2D eigenvalue weighted by Crippen LogP contribution is 2.36. The predicted molar refractivity (Wildman–Crippen MR) is 90.0 cm³/mol. The first-order valence-electron chi connectivity index (χ1n) is 8.22. The first kappa shape index (κ1) is 16.1. The van der Waals surface area contributed by atoms with Crippen molar-refractivity contribution in [2.45, 2.75) is 24.9 Å². The molecule has 134 valence electrons. The highest BCUT2D eigenvalue weighted by molar-refractivity contribution is 6.09. The van der Waals surface area contributed by atoms with Crippen LogP contribution >= 0.6 is 0 Å². The van der Waals surface area contributed by atoms with Gasteiger partial charge in [-0.1, -0.05) is 12.5 Å². The smallest absolute Gasteiger partial charge is 0.323 e. The normalized spacial score (nSPS) is 22.5. The molecule has 2 aromatic rings. The summed E-state index contributed by atoms with van der Waals surface area (Å²) in [5.74, 6) is -1.30. The quantitative estimate of drug-likeness (QED) is 0.446. The average Bonchev–Trinajstić information content (AvgIpc) is 3.12. The number of rotatable bonds is 4. The van der Waals surface area contributed by atoms with E-state index in [1.807, 2.05) is 0 Å². The molecule has 1 unspecified atom stereocenters. The standard InChI is InChI=1S/C16H17N7O3/c17-10-5-2-6-11(7-10)23-18-8-12(22-23)13(24)20-16(9-3-1-4-9)14(25)19-15(26)21-16/h2,5-9H,1,3-4,17H2,(H,20,24)(H2,19,21,25,26). The van der Waals surface area contributed by atoms with Crippen LogP contribution in [-0.4, -0.2) is 38.5 Å². The van der Waals surface area contributed by atoms with Crippen LogP contribution in [0.4, 0.5) is 10.5 Å². The Morgan fingerprint density at radius 2 is 2.15 bits per heavy atom. The van der Waals surface area contributed by atoms with Gasteiger partial charge in [0, 0.05) is 11.6 Å². The monoisotopic (exact) mass is 355 g/mol. The Hall–Kier alpha value is -3.43. The molecule has 1 aliphatic heterocycles. The minimum atomic E-state index is -1.44. The number of nitrogens with zero attached hydrogens (tertiary/aromatic N) is 3. The molecule has 1 aromatic heterocycles. The van der Waals surface area contributed by atoms with Gasteiger partial charge in [0.05, 0.1) is 11.9 Å². The Morgan fingerprint density at radius 1 is 1.35 bits per heavy atom. The van der Waals surface area contributed by atoms with Crippen molar-refractivity contribution < 1.29 is 14.4 Å². The van der Waals surface area contributed by atoms with E-state index < -0.39 is 23.5 Å². The topological polar surface area (TPSA) is 144 Å². The molecule has 1 saturated heterocycles. The Kier molecular flexibility index (Phi) is 3.60. The van der Waals surface area contributed by atoms with Crippen LogP contribution < -0.4 is 21.7 Å². The van der Waals surface area contributed by atoms with Crippen LogP contribution in [0.15, 0.2) is 30.5 Å². The van der Waals surface area contributed by atoms with Gasteiger partial charge in [0.25, 0.3) is 11.8 Å². The van der Waals surface area contributed by atoms with Crippen molar-refractivity contribution in [2.24, 2.45) is 5.92 Å². The van der Waals surface area contributed by atoms with Gasteiger partial charge in [-0.15, -0.1) is 5.10 Å². The lowest BCUT2D eigenvalue weighted by atomic mass is 9.75. The van der Waals surface area contributed by atoms with E-state index in [9.17, 15) is 14.4 Å². The van der Waals surface area contributed by atoms with E-state index in [0.29, 0.717) is 11.4 Å². The van der Waals surface area contributed by atoms with Crippen molar-refractivity contribution in [1.82, 2.24) is 30.9 Å². The molecule has 1 saturated carbocycles. The Bertz CT molecular complexity index is 905. The number of nitrogen functional groups attached to an aromatic ring is 1. The number of imide groups is 1. The summed E-state index contributed by atoms with van der Waals surface area (Å²) < 4.78 is 0. The van der Waals surface area contributed by atoms with E-state index in [0.717, 1.165) is 19.3 Å². The second-order valence-corrected chi connectivity index (χ2v) is 6.41. The number of amides is 4. The summed E-state index contributed by atoms with van der Waals surface area (Å²) in [7, 11) is 0. The molecule has 2 fully saturated rings. The number of carbonyl (C=O) groups is 3. The molecular weight excluding hydrogens is 338 g/mol. The summed E-state index contributed by atoms with van der Waals surface area (Å²) in [6.45, 7) is 0. The Balaban J connectivity index is 1.58. The maximum absolute atomic E-state index is 12.6.